The maximum absolute atomic E-state index is 12.1. The number of benzene rings is 1. The Kier molecular flexibility index (Phi) is 3.59. The molecule has 0 spiro atoms. The number of nitrogens with zero attached hydrogens (tertiary/aromatic N) is 2. The Labute approximate surface area is 105 Å². The van der Waals surface area contributed by atoms with Gasteiger partial charge >= 0.3 is 0 Å². The molecule has 0 unspecified atom stereocenters. The largest absolute Gasteiger partial charge is 0.288 e. The molecule has 0 fully saturated rings. The van der Waals surface area contributed by atoms with Crippen molar-refractivity contribution in [1.82, 2.24) is 9.78 Å². The molecule has 1 aromatic heterocycles. The highest BCUT2D eigenvalue weighted by atomic mass is 35.5. The topological polar surface area (TPSA) is 34.9 Å². The van der Waals surface area contributed by atoms with Crippen LogP contribution in [0.1, 0.15) is 29.3 Å². The van der Waals surface area contributed by atoms with Gasteiger partial charge in [-0.05, 0) is 18.6 Å². The van der Waals surface area contributed by atoms with Crippen LogP contribution in [0.15, 0.2) is 36.7 Å². The zero-order chi connectivity index (χ0) is 12.3. The van der Waals surface area contributed by atoms with E-state index in [1.807, 2.05) is 0 Å². The van der Waals surface area contributed by atoms with Gasteiger partial charge in [-0.1, -0.05) is 30.7 Å². The predicted molar refractivity (Wildman–Crippen MR) is 67.4 cm³/mol. The highest BCUT2D eigenvalue weighted by Crippen LogP contribution is 2.14. The first kappa shape index (κ1) is 11.9. The van der Waals surface area contributed by atoms with Gasteiger partial charge in [0.25, 0.3) is 0 Å². The van der Waals surface area contributed by atoms with Crippen LogP contribution in [0.5, 0.6) is 0 Å². The lowest BCUT2D eigenvalue weighted by atomic mass is 10.1. The molecule has 0 N–H and O–H groups in total. The second-order valence-electron chi connectivity index (χ2n) is 3.83. The third-order valence-corrected chi connectivity index (χ3v) is 2.67. The van der Waals surface area contributed by atoms with E-state index in [9.17, 15) is 4.79 Å². The lowest BCUT2D eigenvalue weighted by Gasteiger charge is -1.98. The fraction of sp³-hybridized carbons (Fsp3) is 0.231. The Morgan fingerprint density at radius 2 is 2.24 bits per heavy atom. The number of rotatable bonds is 4. The summed E-state index contributed by atoms with van der Waals surface area (Å²) in [5.41, 5.74) is 1.19. The number of hydrogen-bond acceptors (Lipinski definition) is 2. The van der Waals surface area contributed by atoms with E-state index in [4.69, 9.17) is 11.6 Å². The Morgan fingerprint density at radius 1 is 1.41 bits per heavy atom. The van der Waals surface area contributed by atoms with Crippen molar-refractivity contribution >= 4 is 17.4 Å². The average Bonchev–Trinajstić information content (AvgIpc) is 2.77. The van der Waals surface area contributed by atoms with Crippen molar-refractivity contribution in [3.63, 3.8) is 0 Å². The number of halogens is 1. The van der Waals surface area contributed by atoms with Crippen LogP contribution in [0.2, 0.25) is 5.02 Å². The summed E-state index contributed by atoms with van der Waals surface area (Å²) in [5.74, 6) is -0.0464. The van der Waals surface area contributed by atoms with E-state index in [1.165, 1.54) is 0 Å². The second kappa shape index (κ2) is 5.15. The summed E-state index contributed by atoms with van der Waals surface area (Å²) in [6, 6.07) is 6.94. The van der Waals surface area contributed by atoms with E-state index < -0.39 is 0 Å². The first-order valence-electron chi connectivity index (χ1n) is 5.53. The Hall–Kier alpha value is -1.61. The van der Waals surface area contributed by atoms with Crippen molar-refractivity contribution < 1.29 is 4.79 Å². The van der Waals surface area contributed by atoms with Crippen LogP contribution in [-0.4, -0.2) is 15.6 Å². The molecule has 2 aromatic rings. The van der Waals surface area contributed by atoms with E-state index in [0.29, 0.717) is 16.1 Å². The number of ketones is 1. The molecule has 0 amide bonds. The summed E-state index contributed by atoms with van der Waals surface area (Å²) in [6.07, 6.45) is 4.36. The van der Waals surface area contributed by atoms with Gasteiger partial charge in [0, 0.05) is 23.3 Å². The van der Waals surface area contributed by atoms with Crippen molar-refractivity contribution in [3.05, 3.63) is 52.8 Å². The van der Waals surface area contributed by atoms with E-state index in [0.717, 1.165) is 13.0 Å². The predicted octanol–water partition coefficient (Wildman–Crippen LogP) is 3.18. The molecule has 0 aliphatic rings. The third kappa shape index (κ3) is 2.74. The van der Waals surface area contributed by atoms with Crippen molar-refractivity contribution in [2.24, 2.45) is 0 Å². The third-order valence-electron chi connectivity index (χ3n) is 2.43. The van der Waals surface area contributed by atoms with Gasteiger partial charge in [0.1, 0.15) is 0 Å². The van der Waals surface area contributed by atoms with Crippen LogP contribution in [0, 0.1) is 0 Å². The van der Waals surface area contributed by atoms with Gasteiger partial charge in [-0.2, -0.15) is 5.10 Å². The van der Waals surface area contributed by atoms with Gasteiger partial charge in [0.05, 0.1) is 11.8 Å². The number of carbonyl (C=O) groups is 1. The highest BCUT2D eigenvalue weighted by molar-refractivity contribution is 6.31. The van der Waals surface area contributed by atoms with E-state index in [1.54, 1.807) is 41.3 Å². The molecule has 0 aliphatic carbocycles. The Balaban J connectivity index is 2.24. The number of aryl methyl sites for hydroxylation is 1. The van der Waals surface area contributed by atoms with E-state index in [2.05, 4.69) is 12.0 Å². The molecule has 17 heavy (non-hydrogen) atoms. The molecule has 88 valence electrons. The van der Waals surface area contributed by atoms with Gasteiger partial charge in [-0.3, -0.25) is 9.48 Å². The van der Waals surface area contributed by atoms with Crippen LogP contribution in [0.25, 0.3) is 0 Å². The van der Waals surface area contributed by atoms with Crippen molar-refractivity contribution in [1.29, 1.82) is 0 Å². The molecule has 3 nitrogen and oxygen atoms in total. The van der Waals surface area contributed by atoms with Gasteiger partial charge in [0.15, 0.2) is 5.78 Å². The molecule has 2 rings (SSSR count). The highest BCUT2D eigenvalue weighted by Gasteiger charge is 2.11. The molecule has 0 saturated heterocycles. The lowest BCUT2D eigenvalue weighted by Crippen LogP contribution is -2.00. The minimum absolute atomic E-state index is 0.0464. The quantitative estimate of drug-likeness (QED) is 0.779. The zero-order valence-electron chi connectivity index (χ0n) is 9.56. The summed E-state index contributed by atoms with van der Waals surface area (Å²) < 4.78 is 1.78. The molecule has 0 radical (unpaired) electrons. The summed E-state index contributed by atoms with van der Waals surface area (Å²) in [6.45, 7) is 2.89. The zero-order valence-corrected chi connectivity index (χ0v) is 10.3. The van der Waals surface area contributed by atoms with E-state index >= 15 is 0 Å². The standard InChI is InChI=1S/C13H13ClN2O/c1-2-6-16-9-11(8-15-16)13(17)10-4-3-5-12(14)7-10/h3-5,7-9H,2,6H2,1H3. The minimum atomic E-state index is -0.0464. The van der Waals surface area contributed by atoms with Crippen LogP contribution in [0.3, 0.4) is 0 Å². The van der Waals surface area contributed by atoms with Crippen molar-refractivity contribution in [3.8, 4) is 0 Å². The Bertz CT molecular complexity index is 534. The van der Waals surface area contributed by atoms with Crippen LogP contribution < -0.4 is 0 Å². The normalized spacial score (nSPS) is 10.5. The molecule has 0 bridgehead atoms. The maximum Gasteiger partial charge on any atom is 0.196 e. The SMILES string of the molecule is CCCn1cc(C(=O)c2cccc(Cl)c2)cn1. The molecular formula is C13H13ClN2O. The van der Waals surface area contributed by atoms with Gasteiger partial charge < -0.3 is 0 Å². The fourth-order valence-corrected chi connectivity index (χ4v) is 1.82. The molecule has 4 heteroatoms. The van der Waals surface area contributed by atoms with Gasteiger partial charge in [-0.15, -0.1) is 0 Å². The summed E-state index contributed by atoms with van der Waals surface area (Å²) in [5, 5.41) is 4.70. The minimum Gasteiger partial charge on any atom is -0.288 e. The van der Waals surface area contributed by atoms with Gasteiger partial charge in [-0.25, -0.2) is 0 Å². The summed E-state index contributed by atoms with van der Waals surface area (Å²) >= 11 is 5.86. The van der Waals surface area contributed by atoms with Crippen molar-refractivity contribution in [2.75, 3.05) is 0 Å². The lowest BCUT2D eigenvalue weighted by molar-refractivity contribution is 0.103. The number of carbonyl (C=O) groups excluding carboxylic acids is 1. The Morgan fingerprint density at radius 3 is 2.94 bits per heavy atom. The van der Waals surface area contributed by atoms with Crippen molar-refractivity contribution in [2.45, 2.75) is 19.9 Å². The fourth-order valence-electron chi connectivity index (χ4n) is 1.63. The van der Waals surface area contributed by atoms with Gasteiger partial charge in [0.2, 0.25) is 0 Å². The van der Waals surface area contributed by atoms with Crippen LogP contribution >= 0.6 is 11.6 Å². The molecule has 1 aromatic carbocycles. The monoisotopic (exact) mass is 248 g/mol. The molecular weight excluding hydrogens is 236 g/mol. The van der Waals surface area contributed by atoms with E-state index in [-0.39, 0.29) is 5.78 Å². The number of aromatic nitrogens is 2. The number of hydrogen-bond donors (Lipinski definition) is 0. The maximum atomic E-state index is 12.1. The molecule has 0 saturated carbocycles. The first-order valence-corrected chi connectivity index (χ1v) is 5.91. The van der Waals surface area contributed by atoms with Crippen LogP contribution in [-0.2, 0) is 6.54 Å². The summed E-state index contributed by atoms with van der Waals surface area (Å²) in [4.78, 5) is 12.1. The molecule has 0 atom stereocenters. The molecule has 0 aliphatic heterocycles. The first-order chi connectivity index (χ1) is 8.20. The molecule has 1 heterocycles. The average molecular weight is 249 g/mol. The van der Waals surface area contributed by atoms with Crippen LogP contribution in [0.4, 0.5) is 0 Å². The second-order valence-corrected chi connectivity index (χ2v) is 4.27. The smallest absolute Gasteiger partial charge is 0.196 e. The summed E-state index contributed by atoms with van der Waals surface area (Å²) in [7, 11) is 0.